The van der Waals surface area contributed by atoms with Crippen LogP contribution in [0.3, 0.4) is 0 Å². The van der Waals surface area contributed by atoms with Crippen LogP contribution >= 0.6 is 11.8 Å². The van der Waals surface area contributed by atoms with E-state index in [2.05, 4.69) is 5.32 Å². The van der Waals surface area contributed by atoms with Gasteiger partial charge in [-0.15, -0.1) is 0 Å². The number of hydrogen-bond acceptors (Lipinski definition) is 4. The molecule has 0 aliphatic carbocycles. The van der Waals surface area contributed by atoms with Crippen LogP contribution in [-0.4, -0.2) is 25.0 Å². The molecule has 1 aromatic rings. The Morgan fingerprint density at radius 3 is 3.00 bits per heavy atom. The molecule has 5 heteroatoms. The van der Waals surface area contributed by atoms with E-state index in [9.17, 15) is 4.79 Å². The van der Waals surface area contributed by atoms with Gasteiger partial charge in [0.1, 0.15) is 5.44 Å². The van der Waals surface area contributed by atoms with Gasteiger partial charge in [-0.1, -0.05) is 23.9 Å². The number of nitrogens with one attached hydrogen (secondary N) is 1. The van der Waals surface area contributed by atoms with Crippen LogP contribution in [0.25, 0.3) is 0 Å². The summed E-state index contributed by atoms with van der Waals surface area (Å²) in [5.41, 5.74) is 6.16. The molecule has 1 aliphatic heterocycles. The van der Waals surface area contributed by atoms with Gasteiger partial charge in [0.05, 0.1) is 5.92 Å². The second kappa shape index (κ2) is 4.76. The molecule has 1 aliphatic rings. The van der Waals surface area contributed by atoms with Crippen molar-refractivity contribution < 1.29 is 9.53 Å². The third kappa shape index (κ3) is 2.15. The van der Waals surface area contributed by atoms with Crippen LogP contribution in [0.1, 0.15) is 0 Å². The zero-order valence-electron chi connectivity index (χ0n) is 8.97. The molecule has 16 heavy (non-hydrogen) atoms. The SMILES string of the molecule is COC1Sc2ccccc2NCC1C(N)=O. The highest BCUT2D eigenvalue weighted by molar-refractivity contribution is 8.00. The zero-order valence-corrected chi connectivity index (χ0v) is 9.79. The van der Waals surface area contributed by atoms with E-state index in [-0.39, 0.29) is 17.3 Å². The highest BCUT2D eigenvalue weighted by atomic mass is 32.2. The zero-order chi connectivity index (χ0) is 11.5. The van der Waals surface area contributed by atoms with Crippen LogP contribution < -0.4 is 11.1 Å². The molecule has 0 aromatic heterocycles. The average Bonchev–Trinajstić information content (AvgIpc) is 2.47. The number of anilines is 1. The number of carbonyl (C=O) groups excluding carboxylic acids is 1. The number of thioether (sulfide) groups is 1. The molecule has 2 atom stereocenters. The third-order valence-corrected chi connectivity index (χ3v) is 3.93. The first-order chi connectivity index (χ1) is 7.72. The third-order valence-electron chi connectivity index (χ3n) is 2.57. The fourth-order valence-electron chi connectivity index (χ4n) is 1.69. The predicted molar refractivity (Wildman–Crippen MR) is 64.3 cm³/mol. The lowest BCUT2D eigenvalue weighted by atomic mass is 10.1. The van der Waals surface area contributed by atoms with Crippen molar-refractivity contribution in [2.75, 3.05) is 19.0 Å². The number of methoxy groups -OCH3 is 1. The van der Waals surface area contributed by atoms with Gasteiger partial charge in [0.15, 0.2) is 0 Å². The van der Waals surface area contributed by atoms with E-state index in [1.807, 2.05) is 24.3 Å². The first-order valence-electron chi connectivity index (χ1n) is 5.04. The summed E-state index contributed by atoms with van der Waals surface area (Å²) < 4.78 is 5.32. The van der Waals surface area contributed by atoms with E-state index in [4.69, 9.17) is 10.5 Å². The summed E-state index contributed by atoms with van der Waals surface area (Å²) in [5, 5.41) is 3.22. The molecule has 1 amide bonds. The average molecular weight is 238 g/mol. The minimum atomic E-state index is -0.334. The lowest BCUT2D eigenvalue weighted by Gasteiger charge is -2.19. The molecule has 0 saturated carbocycles. The van der Waals surface area contributed by atoms with Gasteiger partial charge in [0.25, 0.3) is 0 Å². The van der Waals surface area contributed by atoms with Crippen LogP contribution in [0.4, 0.5) is 5.69 Å². The van der Waals surface area contributed by atoms with E-state index >= 15 is 0 Å². The van der Waals surface area contributed by atoms with Crippen LogP contribution in [0.2, 0.25) is 0 Å². The second-order valence-electron chi connectivity index (χ2n) is 3.61. The molecule has 0 bridgehead atoms. The van der Waals surface area contributed by atoms with E-state index in [0.29, 0.717) is 6.54 Å². The Balaban J connectivity index is 2.28. The number of nitrogens with two attached hydrogens (primary N) is 1. The number of primary amides is 1. The fraction of sp³-hybridized carbons (Fsp3) is 0.364. The molecule has 2 rings (SSSR count). The topological polar surface area (TPSA) is 64.3 Å². The highest BCUT2D eigenvalue weighted by Gasteiger charge is 2.30. The Hall–Kier alpha value is -1.20. The largest absolute Gasteiger partial charge is 0.383 e. The fourth-order valence-corrected chi connectivity index (χ4v) is 2.85. The van der Waals surface area contributed by atoms with Gasteiger partial charge in [-0.2, -0.15) is 0 Å². The summed E-state index contributed by atoms with van der Waals surface area (Å²) in [6.07, 6.45) is 0. The van der Waals surface area contributed by atoms with Crippen LogP contribution in [0.5, 0.6) is 0 Å². The first kappa shape index (κ1) is 11.3. The van der Waals surface area contributed by atoms with Crippen molar-refractivity contribution in [1.82, 2.24) is 0 Å². The van der Waals surface area contributed by atoms with Crippen molar-refractivity contribution >= 4 is 23.4 Å². The number of hydrogen-bond donors (Lipinski definition) is 2. The molecule has 0 saturated heterocycles. The molecule has 3 N–H and O–H groups in total. The standard InChI is InChI=1S/C11H14N2O2S/c1-15-11-7(10(12)14)6-13-8-4-2-3-5-9(8)16-11/h2-5,7,11,13H,6H2,1H3,(H2,12,14). The Bertz CT molecular complexity index is 397. The Kier molecular flexibility index (Phi) is 3.36. The summed E-state index contributed by atoms with van der Waals surface area (Å²) in [6, 6.07) is 7.91. The quantitative estimate of drug-likeness (QED) is 0.814. The van der Waals surface area contributed by atoms with Crippen LogP contribution in [0.15, 0.2) is 29.2 Å². The number of fused-ring (bicyclic) bond motifs is 1. The van der Waals surface area contributed by atoms with Gasteiger partial charge >= 0.3 is 0 Å². The first-order valence-corrected chi connectivity index (χ1v) is 5.92. The number of para-hydroxylation sites is 1. The van der Waals surface area contributed by atoms with Crippen molar-refractivity contribution in [3.8, 4) is 0 Å². The summed E-state index contributed by atoms with van der Waals surface area (Å²) >= 11 is 1.53. The maximum Gasteiger partial charge on any atom is 0.225 e. The molecule has 1 heterocycles. The molecule has 86 valence electrons. The van der Waals surface area contributed by atoms with Gasteiger partial charge < -0.3 is 15.8 Å². The molecule has 2 unspecified atom stereocenters. The van der Waals surface area contributed by atoms with E-state index in [1.165, 1.54) is 11.8 Å². The lowest BCUT2D eigenvalue weighted by Crippen LogP contribution is -2.36. The number of amides is 1. The highest BCUT2D eigenvalue weighted by Crippen LogP contribution is 2.36. The maximum absolute atomic E-state index is 11.3. The maximum atomic E-state index is 11.3. The number of rotatable bonds is 2. The van der Waals surface area contributed by atoms with Crippen LogP contribution in [0, 0.1) is 5.92 Å². The molecule has 0 spiro atoms. The summed E-state index contributed by atoms with van der Waals surface area (Å²) in [6.45, 7) is 0.512. The minimum absolute atomic E-state index is 0.228. The summed E-state index contributed by atoms with van der Waals surface area (Å²) in [7, 11) is 1.60. The number of benzene rings is 1. The molecule has 4 nitrogen and oxygen atoms in total. The van der Waals surface area contributed by atoms with Gasteiger partial charge in [-0.3, -0.25) is 4.79 Å². The minimum Gasteiger partial charge on any atom is -0.383 e. The van der Waals surface area contributed by atoms with E-state index < -0.39 is 0 Å². The van der Waals surface area contributed by atoms with Gasteiger partial charge in [0.2, 0.25) is 5.91 Å². The van der Waals surface area contributed by atoms with Gasteiger partial charge in [-0.25, -0.2) is 0 Å². The van der Waals surface area contributed by atoms with Crippen LogP contribution in [-0.2, 0) is 9.53 Å². The normalized spacial score (nSPS) is 24.1. The van der Waals surface area contributed by atoms with Crippen molar-refractivity contribution in [3.63, 3.8) is 0 Å². The molecule has 0 fully saturated rings. The Morgan fingerprint density at radius 2 is 2.31 bits per heavy atom. The van der Waals surface area contributed by atoms with E-state index in [0.717, 1.165) is 10.6 Å². The lowest BCUT2D eigenvalue weighted by molar-refractivity contribution is -0.123. The Labute approximate surface area is 98.5 Å². The van der Waals surface area contributed by atoms with Crippen molar-refractivity contribution in [1.29, 1.82) is 0 Å². The molecular weight excluding hydrogens is 224 g/mol. The Morgan fingerprint density at radius 1 is 1.56 bits per heavy atom. The van der Waals surface area contributed by atoms with Gasteiger partial charge in [0, 0.05) is 24.2 Å². The molecular formula is C11H14N2O2S. The molecule has 0 radical (unpaired) electrons. The number of ether oxygens (including phenoxy) is 1. The predicted octanol–water partition coefficient (Wildman–Crippen LogP) is 1.28. The van der Waals surface area contributed by atoms with E-state index in [1.54, 1.807) is 7.11 Å². The number of carbonyl (C=O) groups is 1. The van der Waals surface area contributed by atoms with Gasteiger partial charge in [-0.05, 0) is 12.1 Å². The molecule has 1 aromatic carbocycles. The van der Waals surface area contributed by atoms with Crippen molar-refractivity contribution in [2.45, 2.75) is 10.3 Å². The summed E-state index contributed by atoms with van der Waals surface area (Å²) in [5.74, 6) is -0.651. The smallest absolute Gasteiger partial charge is 0.225 e. The summed E-state index contributed by atoms with van der Waals surface area (Å²) in [4.78, 5) is 12.4. The monoisotopic (exact) mass is 238 g/mol. The second-order valence-corrected chi connectivity index (χ2v) is 4.75. The van der Waals surface area contributed by atoms with Crippen molar-refractivity contribution in [3.05, 3.63) is 24.3 Å². The van der Waals surface area contributed by atoms with Crippen molar-refractivity contribution in [2.24, 2.45) is 11.7 Å².